The van der Waals surface area contributed by atoms with E-state index < -0.39 is 0 Å². The smallest absolute Gasteiger partial charge is 0.310 e. The third kappa shape index (κ3) is 3.62. The predicted molar refractivity (Wildman–Crippen MR) is 108 cm³/mol. The molecule has 1 aromatic heterocycles. The summed E-state index contributed by atoms with van der Waals surface area (Å²) in [6.45, 7) is 5.42. The summed E-state index contributed by atoms with van der Waals surface area (Å²) in [4.78, 5) is 19.1. The monoisotopic (exact) mass is 382 g/mol. The number of hydrogen-bond donors (Lipinski definition) is 0. The zero-order valence-electron chi connectivity index (χ0n) is 15.7. The van der Waals surface area contributed by atoms with Gasteiger partial charge in [-0.1, -0.05) is 41.2 Å². The van der Waals surface area contributed by atoms with Crippen molar-refractivity contribution in [2.45, 2.75) is 26.4 Å². The van der Waals surface area contributed by atoms with Crippen LogP contribution in [-0.2, 0) is 16.0 Å². The number of para-hydroxylation sites is 1. The first kappa shape index (κ1) is 17.8. The van der Waals surface area contributed by atoms with Crippen LogP contribution >= 0.6 is 11.3 Å². The number of rotatable bonds is 5. The fourth-order valence-electron chi connectivity index (χ4n) is 3.25. The topological polar surface area (TPSA) is 51.7 Å². The highest BCUT2D eigenvalue weighted by Crippen LogP contribution is 2.35. The lowest BCUT2D eigenvalue weighted by Crippen LogP contribution is -2.53. The van der Waals surface area contributed by atoms with Crippen LogP contribution in [0.25, 0.3) is 10.2 Å². The van der Waals surface area contributed by atoms with Gasteiger partial charge in [-0.3, -0.25) is 4.79 Å². The number of anilines is 1. The number of carbonyl (C=O) groups excluding carboxylic acids is 1. The van der Waals surface area contributed by atoms with E-state index in [2.05, 4.69) is 22.0 Å². The van der Waals surface area contributed by atoms with Crippen LogP contribution in [0, 0.1) is 13.8 Å². The van der Waals surface area contributed by atoms with E-state index in [1.807, 2.05) is 38.1 Å². The predicted octanol–water partition coefficient (Wildman–Crippen LogP) is 3.90. The van der Waals surface area contributed by atoms with Crippen molar-refractivity contribution in [1.29, 1.82) is 0 Å². The zero-order valence-corrected chi connectivity index (χ0v) is 16.5. The van der Waals surface area contributed by atoms with Gasteiger partial charge < -0.3 is 14.4 Å². The van der Waals surface area contributed by atoms with Crippen LogP contribution < -0.4 is 9.64 Å². The summed E-state index contributed by atoms with van der Waals surface area (Å²) in [7, 11) is 1.66. The molecule has 1 saturated heterocycles. The summed E-state index contributed by atoms with van der Waals surface area (Å²) >= 11 is 1.63. The molecular weight excluding hydrogens is 360 g/mol. The zero-order chi connectivity index (χ0) is 19.0. The maximum absolute atomic E-state index is 12.3. The van der Waals surface area contributed by atoms with E-state index in [0.717, 1.165) is 37.8 Å². The van der Waals surface area contributed by atoms with Gasteiger partial charge in [-0.2, -0.15) is 0 Å². The number of aromatic nitrogens is 1. The molecule has 6 heteroatoms. The van der Waals surface area contributed by atoms with Gasteiger partial charge in [-0.05, 0) is 37.1 Å². The number of nitrogens with zero attached hydrogens (tertiary/aromatic N) is 2. The molecule has 0 atom stereocenters. The van der Waals surface area contributed by atoms with Gasteiger partial charge in [0.05, 0.1) is 31.3 Å². The SMILES string of the molecule is COc1cccc2sc(N3CC(OC(=O)Cc4cc(C)ccc4C)C3)nc12. The molecule has 0 bridgehead atoms. The highest BCUT2D eigenvalue weighted by atomic mass is 32.1. The van der Waals surface area contributed by atoms with Gasteiger partial charge in [-0.15, -0.1) is 0 Å². The minimum Gasteiger partial charge on any atom is -0.494 e. The molecule has 1 aliphatic rings. The molecule has 0 spiro atoms. The van der Waals surface area contributed by atoms with E-state index in [9.17, 15) is 4.79 Å². The second kappa shape index (κ2) is 7.19. The summed E-state index contributed by atoms with van der Waals surface area (Å²) < 4.78 is 12.1. The summed E-state index contributed by atoms with van der Waals surface area (Å²) in [5.74, 6) is 0.617. The summed E-state index contributed by atoms with van der Waals surface area (Å²) in [5.41, 5.74) is 4.20. The fraction of sp³-hybridized carbons (Fsp3) is 0.333. The molecule has 0 N–H and O–H groups in total. The number of ether oxygens (including phenoxy) is 2. The van der Waals surface area contributed by atoms with Gasteiger partial charge >= 0.3 is 5.97 Å². The summed E-state index contributed by atoms with van der Waals surface area (Å²) in [6, 6.07) is 12.1. The average Bonchev–Trinajstić information content (AvgIpc) is 3.04. The van der Waals surface area contributed by atoms with E-state index in [4.69, 9.17) is 9.47 Å². The molecule has 0 saturated carbocycles. The van der Waals surface area contributed by atoms with Gasteiger partial charge in [-0.25, -0.2) is 4.98 Å². The van der Waals surface area contributed by atoms with E-state index in [0.29, 0.717) is 19.5 Å². The van der Waals surface area contributed by atoms with Gasteiger partial charge in [0.25, 0.3) is 0 Å². The molecule has 2 heterocycles. The van der Waals surface area contributed by atoms with E-state index in [1.54, 1.807) is 18.4 Å². The number of methoxy groups -OCH3 is 1. The van der Waals surface area contributed by atoms with Gasteiger partial charge in [0, 0.05) is 0 Å². The Morgan fingerprint density at radius 2 is 2.07 bits per heavy atom. The first-order chi connectivity index (χ1) is 13.0. The Morgan fingerprint density at radius 3 is 2.85 bits per heavy atom. The van der Waals surface area contributed by atoms with Crippen molar-refractivity contribution in [3.63, 3.8) is 0 Å². The van der Waals surface area contributed by atoms with Crippen LogP contribution in [-0.4, -0.2) is 37.3 Å². The molecule has 1 aliphatic heterocycles. The molecular formula is C21H22N2O3S. The third-order valence-electron chi connectivity index (χ3n) is 4.85. The lowest BCUT2D eigenvalue weighted by Gasteiger charge is -2.38. The largest absolute Gasteiger partial charge is 0.494 e. The van der Waals surface area contributed by atoms with E-state index in [-0.39, 0.29) is 12.1 Å². The number of hydrogen-bond acceptors (Lipinski definition) is 6. The van der Waals surface area contributed by atoms with E-state index >= 15 is 0 Å². The molecule has 140 valence electrons. The number of aryl methyl sites for hydroxylation is 2. The second-order valence-electron chi connectivity index (χ2n) is 6.93. The van der Waals surface area contributed by atoms with Gasteiger partial charge in [0.2, 0.25) is 0 Å². The first-order valence-corrected chi connectivity index (χ1v) is 9.79. The minimum absolute atomic E-state index is 0.0727. The van der Waals surface area contributed by atoms with Gasteiger partial charge in [0.1, 0.15) is 17.4 Å². The Hall–Kier alpha value is -2.60. The molecule has 3 aromatic rings. The highest BCUT2D eigenvalue weighted by molar-refractivity contribution is 7.22. The number of thiazole rings is 1. The van der Waals surface area contributed by atoms with Crippen molar-refractivity contribution in [1.82, 2.24) is 4.98 Å². The summed E-state index contributed by atoms with van der Waals surface area (Å²) in [5, 5.41) is 0.941. The quantitative estimate of drug-likeness (QED) is 0.627. The van der Waals surface area contributed by atoms with Crippen LogP contribution in [0.2, 0.25) is 0 Å². The molecule has 2 aromatic carbocycles. The molecule has 5 nitrogen and oxygen atoms in total. The lowest BCUT2D eigenvalue weighted by atomic mass is 10.0. The van der Waals surface area contributed by atoms with E-state index in [1.165, 1.54) is 0 Å². The van der Waals surface area contributed by atoms with Crippen LogP contribution in [0.15, 0.2) is 36.4 Å². The van der Waals surface area contributed by atoms with Crippen LogP contribution in [0.1, 0.15) is 16.7 Å². The average molecular weight is 382 g/mol. The Bertz CT molecular complexity index is 992. The third-order valence-corrected chi connectivity index (χ3v) is 5.93. The first-order valence-electron chi connectivity index (χ1n) is 8.97. The minimum atomic E-state index is -0.167. The second-order valence-corrected chi connectivity index (χ2v) is 7.94. The number of carbonyl (C=O) groups is 1. The Kier molecular flexibility index (Phi) is 4.74. The van der Waals surface area contributed by atoms with Gasteiger partial charge in [0.15, 0.2) is 5.13 Å². The molecule has 0 aliphatic carbocycles. The van der Waals surface area contributed by atoms with Crippen molar-refractivity contribution in [2.75, 3.05) is 25.1 Å². The van der Waals surface area contributed by atoms with Crippen molar-refractivity contribution in [2.24, 2.45) is 0 Å². The Balaban J connectivity index is 1.35. The lowest BCUT2D eigenvalue weighted by molar-refractivity contribution is -0.149. The van der Waals surface area contributed by atoms with Crippen LogP contribution in [0.5, 0.6) is 5.75 Å². The van der Waals surface area contributed by atoms with Crippen LogP contribution in [0.3, 0.4) is 0 Å². The summed E-state index contributed by atoms with van der Waals surface area (Å²) in [6.07, 6.45) is 0.249. The Morgan fingerprint density at radius 1 is 1.26 bits per heavy atom. The molecule has 1 fully saturated rings. The van der Waals surface area contributed by atoms with Crippen molar-refractivity contribution in [3.05, 3.63) is 53.1 Å². The normalized spacial score (nSPS) is 14.3. The highest BCUT2D eigenvalue weighted by Gasteiger charge is 2.32. The number of fused-ring (bicyclic) bond motifs is 1. The van der Waals surface area contributed by atoms with Crippen molar-refractivity contribution >= 4 is 32.7 Å². The standard InChI is InChI=1S/C21H22N2O3S/c1-13-7-8-14(2)15(9-13)10-19(24)26-16-11-23(12-16)21-22-20-17(25-3)5-4-6-18(20)27-21/h4-9,16H,10-12H2,1-3H3. The number of benzene rings is 2. The molecule has 27 heavy (non-hydrogen) atoms. The maximum Gasteiger partial charge on any atom is 0.310 e. The number of esters is 1. The fourth-order valence-corrected chi connectivity index (χ4v) is 4.26. The van der Waals surface area contributed by atoms with Crippen molar-refractivity contribution in [3.8, 4) is 5.75 Å². The Labute approximate surface area is 162 Å². The molecule has 0 amide bonds. The van der Waals surface area contributed by atoms with Crippen LogP contribution in [0.4, 0.5) is 5.13 Å². The molecule has 0 radical (unpaired) electrons. The molecule has 0 unspecified atom stereocenters. The molecule has 4 rings (SSSR count). The van der Waals surface area contributed by atoms with Crippen molar-refractivity contribution < 1.29 is 14.3 Å². The maximum atomic E-state index is 12.3.